The maximum atomic E-state index is 11.8. The number of aromatic nitrogens is 2. The van der Waals surface area contributed by atoms with Crippen LogP contribution in [0.25, 0.3) is 5.69 Å². The van der Waals surface area contributed by atoms with E-state index in [1.54, 1.807) is 42.3 Å². The van der Waals surface area contributed by atoms with E-state index in [-0.39, 0.29) is 13.2 Å². The molecule has 0 unspecified atom stereocenters. The second-order valence-electron chi connectivity index (χ2n) is 5.24. The fourth-order valence-electron chi connectivity index (χ4n) is 2.19. The average molecular weight is 338 g/mol. The molecule has 0 saturated carbocycles. The van der Waals surface area contributed by atoms with Crippen LogP contribution in [0.1, 0.15) is 5.56 Å². The molecule has 0 amide bonds. The van der Waals surface area contributed by atoms with Gasteiger partial charge < -0.3 is 14.2 Å². The number of methoxy groups -OCH3 is 1. The highest BCUT2D eigenvalue weighted by Gasteiger charge is 2.06. The first-order valence-electron chi connectivity index (χ1n) is 7.76. The van der Waals surface area contributed by atoms with Crippen molar-refractivity contribution >= 4 is 5.97 Å². The van der Waals surface area contributed by atoms with Gasteiger partial charge in [-0.3, -0.25) is 0 Å². The molecule has 3 rings (SSSR count). The van der Waals surface area contributed by atoms with E-state index in [2.05, 4.69) is 5.10 Å². The van der Waals surface area contributed by atoms with Gasteiger partial charge in [0.05, 0.1) is 12.8 Å². The Kier molecular flexibility index (Phi) is 5.31. The molecular weight excluding hydrogens is 320 g/mol. The third-order valence-corrected chi connectivity index (χ3v) is 3.52. The number of hydrogen-bond donors (Lipinski definition) is 0. The van der Waals surface area contributed by atoms with Gasteiger partial charge in [-0.25, -0.2) is 9.48 Å². The second-order valence-corrected chi connectivity index (χ2v) is 5.24. The predicted molar refractivity (Wildman–Crippen MR) is 91.8 cm³/mol. The van der Waals surface area contributed by atoms with Crippen molar-refractivity contribution in [1.82, 2.24) is 9.78 Å². The highest BCUT2D eigenvalue weighted by Crippen LogP contribution is 2.17. The summed E-state index contributed by atoms with van der Waals surface area (Å²) in [5.74, 6) is 0.891. The summed E-state index contributed by atoms with van der Waals surface area (Å²) in [5, 5.41) is 4.16. The average Bonchev–Trinajstić information content (AvgIpc) is 3.20. The van der Waals surface area contributed by atoms with Crippen LogP contribution in [0.4, 0.5) is 0 Å². The van der Waals surface area contributed by atoms with E-state index in [1.807, 2.05) is 36.5 Å². The van der Waals surface area contributed by atoms with Crippen molar-refractivity contribution in [3.05, 3.63) is 72.6 Å². The van der Waals surface area contributed by atoms with Crippen LogP contribution in [0.3, 0.4) is 0 Å². The molecular formula is C19H18N2O4. The summed E-state index contributed by atoms with van der Waals surface area (Å²) in [5.41, 5.74) is 1.84. The number of carbonyl (C=O) groups is 1. The Bertz CT molecular complexity index is 796. The van der Waals surface area contributed by atoms with E-state index in [0.29, 0.717) is 5.75 Å². The maximum absolute atomic E-state index is 11.8. The normalized spacial score (nSPS) is 10.3. The number of esters is 1. The lowest BCUT2D eigenvalue weighted by Gasteiger charge is -2.08. The van der Waals surface area contributed by atoms with Gasteiger partial charge in [-0.2, -0.15) is 5.10 Å². The minimum Gasteiger partial charge on any atom is -0.497 e. The molecule has 0 aliphatic heterocycles. The number of carbonyl (C=O) groups excluding carboxylic acids is 1. The summed E-state index contributed by atoms with van der Waals surface area (Å²) in [6, 6.07) is 16.5. The lowest BCUT2D eigenvalue weighted by atomic mass is 10.2. The number of ether oxygens (including phenoxy) is 3. The van der Waals surface area contributed by atoms with Gasteiger partial charge in [-0.05, 0) is 48.0 Å². The highest BCUT2D eigenvalue weighted by molar-refractivity contribution is 5.71. The van der Waals surface area contributed by atoms with Crippen LogP contribution in [0, 0.1) is 0 Å². The monoisotopic (exact) mass is 338 g/mol. The molecule has 0 saturated heterocycles. The van der Waals surface area contributed by atoms with Crippen molar-refractivity contribution in [3.63, 3.8) is 0 Å². The number of hydrogen-bond acceptors (Lipinski definition) is 5. The smallest absolute Gasteiger partial charge is 0.344 e. The third kappa shape index (κ3) is 4.60. The van der Waals surface area contributed by atoms with Gasteiger partial charge in [-0.1, -0.05) is 12.1 Å². The minimum atomic E-state index is -0.424. The van der Waals surface area contributed by atoms with Crippen LogP contribution in [0.2, 0.25) is 0 Å². The largest absolute Gasteiger partial charge is 0.497 e. The Balaban J connectivity index is 1.45. The van der Waals surface area contributed by atoms with E-state index in [4.69, 9.17) is 14.2 Å². The Morgan fingerprint density at radius 3 is 2.40 bits per heavy atom. The van der Waals surface area contributed by atoms with Gasteiger partial charge in [0.1, 0.15) is 18.1 Å². The second kappa shape index (κ2) is 8.01. The van der Waals surface area contributed by atoms with Crippen LogP contribution < -0.4 is 9.47 Å². The van der Waals surface area contributed by atoms with E-state index >= 15 is 0 Å². The number of rotatable bonds is 7. The summed E-state index contributed by atoms with van der Waals surface area (Å²) < 4.78 is 17.4. The fraction of sp³-hybridized carbons (Fsp3) is 0.158. The molecule has 128 valence electrons. The van der Waals surface area contributed by atoms with Gasteiger partial charge in [-0.15, -0.1) is 0 Å². The zero-order valence-corrected chi connectivity index (χ0v) is 13.8. The van der Waals surface area contributed by atoms with Gasteiger partial charge in [0, 0.05) is 12.4 Å². The number of nitrogens with zero attached hydrogens (tertiary/aromatic N) is 2. The van der Waals surface area contributed by atoms with Gasteiger partial charge in [0.2, 0.25) is 0 Å². The van der Waals surface area contributed by atoms with Crippen LogP contribution in [-0.4, -0.2) is 29.5 Å². The summed E-state index contributed by atoms with van der Waals surface area (Å²) in [6.07, 6.45) is 3.59. The van der Waals surface area contributed by atoms with Crippen molar-refractivity contribution in [1.29, 1.82) is 0 Å². The lowest BCUT2D eigenvalue weighted by Crippen LogP contribution is -2.14. The van der Waals surface area contributed by atoms with Crippen molar-refractivity contribution in [2.24, 2.45) is 0 Å². The van der Waals surface area contributed by atoms with E-state index < -0.39 is 5.97 Å². The summed E-state index contributed by atoms with van der Waals surface area (Å²) >= 11 is 0. The molecule has 0 radical (unpaired) electrons. The summed E-state index contributed by atoms with van der Waals surface area (Å²) in [7, 11) is 1.59. The number of benzene rings is 2. The third-order valence-electron chi connectivity index (χ3n) is 3.52. The lowest BCUT2D eigenvalue weighted by molar-refractivity contribution is -0.147. The van der Waals surface area contributed by atoms with Crippen molar-refractivity contribution in [2.45, 2.75) is 6.61 Å². The molecule has 6 heteroatoms. The quantitative estimate of drug-likeness (QED) is 0.620. The fourth-order valence-corrected chi connectivity index (χ4v) is 2.19. The summed E-state index contributed by atoms with van der Waals surface area (Å²) in [6.45, 7) is 0.0574. The molecule has 0 N–H and O–H groups in total. The molecule has 0 atom stereocenters. The van der Waals surface area contributed by atoms with E-state index in [1.165, 1.54) is 0 Å². The molecule has 1 aromatic heterocycles. The van der Waals surface area contributed by atoms with Gasteiger partial charge >= 0.3 is 5.97 Å². The summed E-state index contributed by atoms with van der Waals surface area (Å²) in [4.78, 5) is 11.8. The predicted octanol–water partition coefficient (Wildman–Crippen LogP) is 3.00. The maximum Gasteiger partial charge on any atom is 0.344 e. The first-order valence-corrected chi connectivity index (χ1v) is 7.76. The molecule has 25 heavy (non-hydrogen) atoms. The topological polar surface area (TPSA) is 62.6 Å². The Morgan fingerprint density at radius 2 is 1.76 bits per heavy atom. The SMILES string of the molecule is COc1ccc(OCC(=O)OCc2ccc(-n3cccn3)cc2)cc1. The zero-order valence-electron chi connectivity index (χ0n) is 13.8. The first-order chi connectivity index (χ1) is 12.2. The molecule has 0 spiro atoms. The van der Waals surface area contributed by atoms with Crippen LogP contribution in [0.15, 0.2) is 67.0 Å². The molecule has 3 aromatic rings. The van der Waals surface area contributed by atoms with E-state index in [0.717, 1.165) is 17.0 Å². The minimum absolute atomic E-state index is 0.141. The van der Waals surface area contributed by atoms with Crippen LogP contribution in [0.5, 0.6) is 11.5 Å². The van der Waals surface area contributed by atoms with Crippen LogP contribution in [-0.2, 0) is 16.1 Å². The first kappa shape index (κ1) is 16.6. The van der Waals surface area contributed by atoms with Crippen molar-refractivity contribution in [2.75, 3.05) is 13.7 Å². The molecule has 2 aromatic carbocycles. The van der Waals surface area contributed by atoms with E-state index in [9.17, 15) is 4.79 Å². The Hall–Kier alpha value is -3.28. The van der Waals surface area contributed by atoms with Gasteiger partial charge in [0.25, 0.3) is 0 Å². The van der Waals surface area contributed by atoms with Crippen molar-refractivity contribution in [3.8, 4) is 17.2 Å². The molecule has 6 nitrogen and oxygen atoms in total. The molecule has 0 aliphatic carbocycles. The molecule has 1 heterocycles. The standard InChI is InChI=1S/C19H18N2O4/c1-23-17-7-9-18(10-8-17)24-14-19(22)25-13-15-3-5-16(6-4-15)21-12-2-11-20-21/h2-12H,13-14H2,1H3. The molecule has 0 bridgehead atoms. The van der Waals surface area contributed by atoms with Crippen molar-refractivity contribution < 1.29 is 19.0 Å². The molecule has 0 aliphatic rings. The van der Waals surface area contributed by atoms with Crippen LogP contribution >= 0.6 is 0 Å². The zero-order chi connectivity index (χ0) is 17.5. The Morgan fingerprint density at radius 1 is 1.04 bits per heavy atom. The Labute approximate surface area is 145 Å². The molecule has 0 fully saturated rings. The van der Waals surface area contributed by atoms with Gasteiger partial charge in [0.15, 0.2) is 6.61 Å². The highest BCUT2D eigenvalue weighted by atomic mass is 16.6.